The van der Waals surface area contributed by atoms with Crippen LogP contribution in [0.5, 0.6) is 0 Å². The minimum absolute atomic E-state index is 0.0582. The average molecular weight is 347 g/mol. The zero-order chi connectivity index (χ0) is 18.2. The molecule has 25 heavy (non-hydrogen) atoms. The number of likely N-dealkylation sites (N-methyl/N-ethyl adjacent to an activating group) is 1. The van der Waals surface area contributed by atoms with Gasteiger partial charge in [-0.3, -0.25) is 9.59 Å². The van der Waals surface area contributed by atoms with Crippen molar-refractivity contribution in [2.45, 2.75) is 32.4 Å². The van der Waals surface area contributed by atoms with Gasteiger partial charge >= 0.3 is 0 Å². The van der Waals surface area contributed by atoms with Crippen molar-refractivity contribution >= 4 is 11.8 Å². The highest BCUT2D eigenvalue weighted by molar-refractivity contribution is 5.86. The molecule has 0 aliphatic carbocycles. The Bertz CT molecular complexity index is 560. The fourth-order valence-electron chi connectivity index (χ4n) is 3.13. The summed E-state index contributed by atoms with van der Waals surface area (Å²) in [7, 11) is 1.73. The summed E-state index contributed by atoms with van der Waals surface area (Å²) >= 11 is 0. The van der Waals surface area contributed by atoms with Gasteiger partial charge in [-0.2, -0.15) is 0 Å². The van der Waals surface area contributed by atoms with E-state index < -0.39 is 12.1 Å². The van der Waals surface area contributed by atoms with Crippen molar-refractivity contribution in [3.63, 3.8) is 0 Å². The zero-order valence-electron chi connectivity index (χ0n) is 15.4. The van der Waals surface area contributed by atoms with Gasteiger partial charge in [0.15, 0.2) is 6.10 Å². The van der Waals surface area contributed by atoms with E-state index in [0.29, 0.717) is 6.54 Å². The minimum Gasteiger partial charge on any atom is -0.356 e. The second kappa shape index (κ2) is 9.53. The van der Waals surface area contributed by atoms with E-state index in [0.717, 1.165) is 31.6 Å². The number of ether oxygens (including phenoxy) is 1. The largest absolute Gasteiger partial charge is 0.356 e. The van der Waals surface area contributed by atoms with Crippen LogP contribution in [0.25, 0.3) is 0 Å². The summed E-state index contributed by atoms with van der Waals surface area (Å²) in [6.07, 6.45) is 0.212. The Morgan fingerprint density at radius 3 is 2.60 bits per heavy atom. The van der Waals surface area contributed by atoms with Crippen LogP contribution in [0.3, 0.4) is 0 Å². The Labute approximate surface area is 150 Å². The van der Waals surface area contributed by atoms with E-state index >= 15 is 0 Å². The molecule has 6 heteroatoms. The number of morpholine rings is 1. The maximum Gasteiger partial charge on any atom is 0.251 e. The molecule has 138 valence electrons. The second-order valence-corrected chi connectivity index (χ2v) is 6.26. The fraction of sp³-hybridized carbons (Fsp3) is 0.579. The van der Waals surface area contributed by atoms with Crippen LogP contribution in [0.2, 0.25) is 0 Å². The molecule has 2 amide bonds. The normalized spacial score (nSPS) is 20.8. The molecule has 1 aliphatic heterocycles. The molecule has 0 saturated carbocycles. The maximum atomic E-state index is 12.6. The van der Waals surface area contributed by atoms with Gasteiger partial charge in [-0.05, 0) is 31.6 Å². The van der Waals surface area contributed by atoms with Gasteiger partial charge in [0, 0.05) is 13.6 Å². The van der Waals surface area contributed by atoms with E-state index in [1.165, 1.54) is 0 Å². The summed E-state index contributed by atoms with van der Waals surface area (Å²) in [4.78, 5) is 28.6. The summed E-state index contributed by atoms with van der Waals surface area (Å²) in [5, 5.41) is 2.96. The number of rotatable bonds is 8. The molecule has 0 bridgehead atoms. The number of carbonyl (C=O) groups excluding carboxylic acids is 2. The molecule has 6 nitrogen and oxygen atoms in total. The Morgan fingerprint density at radius 1 is 1.28 bits per heavy atom. The molecule has 0 radical (unpaired) electrons. The van der Waals surface area contributed by atoms with E-state index in [4.69, 9.17) is 4.74 Å². The average Bonchev–Trinajstić information content (AvgIpc) is 2.64. The third-order valence-corrected chi connectivity index (χ3v) is 4.73. The molecule has 1 N–H and O–H groups in total. The van der Waals surface area contributed by atoms with Gasteiger partial charge < -0.3 is 19.9 Å². The van der Waals surface area contributed by atoms with Crippen LogP contribution >= 0.6 is 0 Å². The predicted molar refractivity (Wildman–Crippen MR) is 97.1 cm³/mol. The maximum absolute atomic E-state index is 12.6. The topological polar surface area (TPSA) is 61.9 Å². The summed E-state index contributed by atoms with van der Waals surface area (Å²) in [5.74, 6) is -0.271. The number of nitrogens with one attached hydrogen (secondary N) is 1. The smallest absolute Gasteiger partial charge is 0.251 e. The number of hydrogen-bond donors (Lipinski definition) is 1. The number of hydrogen-bond acceptors (Lipinski definition) is 4. The monoisotopic (exact) mass is 347 g/mol. The first-order valence-corrected chi connectivity index (χ1v) is 9.00. The number of carbonyl (C=O) groups is 2. The van der Waals surface area contributed by atoms with Crippen LogP contribution in [0.1, 0.15) is 31.9 Å². The first-order chi connectivity index (χ1) is 12.1. The molecule has 1 aromatic carbocycles. The highest BCUT2D eigenvalue weighted by Gasteiger charge is 2.39. The molecule has 1 fully saturated rings. The van der Waals surface area contributed by atoms with Crippen LogP contribution < -0.4 is 5.32 Å². The predicted octanol–water partition coefficient (Wildman–Crippen LogP) is 1.43. The molecular weight excluding hydrogens is 318 g/mol. The van der Waals surface area contributed by atoms with Crippen LogP contribution in [-0.2, 0) is 14.3 Å². The summed E-state index contributed by atoms with van der Waals surface area (Å²) in [5.41, 5.74) is 0.904. The van der Waals surface area contributed by atoms with E-state index in [-0.39, 0.29) is 18.4 Å². The van der Waals surface area contributed by atoms with Crippen molar-refractivity contribution < 1.29 is 14.3 Å². The Balaban J connectivity index is 1.97. The second-order valence-electron chi connectivity index (χ2n) is 6.26. The van der Waals surface area contributed by atoms with Gasteiger partial charge in [-0.25, -0.2) is 0 Å². The van der Waals surface area contributed by atoms with Gasteiger partial charge in [-0.1, -0.05) is 44.2 Å². The SMILES string of the molecule is CCN(CC)CCCNC(=O)[C@@H]1OCC(=O)N(C)[C@H]1c1ccccc1. The van der Waals surface area contributed by atoms with Crippen LogP contribution in [0.15, 0.2) is 30.3 Å². The fourth-order valence-corrected chi connectivity index (χ4v) is 3.13. The molecular formula is C19H29N3O3. The summed E-state index contributed by atoms with van der Waals surface area (Å²) in [6, 6.07) is 9.17. The van der Waals surface area contributed by atoms with Crippen molar-refractivity contribution in [1.82, 2.24) is 15.1 Å². The van der Waals surface area contributed by atoms with Gasteiger partial charge in [0.2, 0.25) is 5.91 Å². The van der Waals surface area contributed by atoms with Gasteiger partial charge in [-0.15, -0.1) is 0 Å². The lowest BCUT2D eigenvalue weighted by molar-refractivity contribution is -0.162. The quantitative estimate of drug-likeness (QED) is 0.723. The Kier molecular flexibility index (Phi) is 7.40. The Morgan fingerprint density at radius 2 is 1.96 bits per heavy atom. The minimum atomic E-state index is -0.682. The number of amides is 2. The third-order valence-electron chi connectivity index (χ3n) is 4.73. The van der Waals surface area contributed by atoms with Gasteiger partial charge in [0.05, 0.1) is 6.04 Å². The molecule has 0 aromatic heterocycles. The molecule has 1 heterocycles. The number of benzene rings is 1. The van der Waals surface area contributed by atoms with Crippen LogP contribution in [0, 0.1) is 0 Å². The van der Waals surface area contributed by atoms with Gasteiger partial charge in [0.25, 0.3) is 5.91 Å². The molecule has 1 aromatic rings. The van der Waals surface area contributed by atoms with E-state index in [9.17, 15) is 9.59 Å². The van der Waals surface area contributed by atoms with Crippen molar-refractivity contribution in [3.05, 3.63) is 35.9 Å². The lowest BCUT2D eigenvalue weighted by Crippen LogP contribution is -2.53. The molecule has 1 saturated heterocycles. The molecule has 2 atom stereocenters. The summed E-state index contributed by atoms with van der Waals surface area (Å²) < 4.78 is 5.60. The molecule has 1 aliphatic rings. The molecule has 0 spiro atoms. The van der Waals surface area contributed by atoms with Crippen molar-refractivity contribution in [2.75, 3.05) is 39.8 Å². The van der Waals surface area contributed by atoms with Crippen LogP contribution in [-0.4, -0.2) is 67.6 Å². The first-order valence-electron chi connectivity index (χ1n) is 9.00. The lowest BCUT2D eigenvalue weighted by atomic mass is 9.97. The van der Waals surface area contributed by atoms with Crippen molar-refractivity contribution in [2.24, 2.45) is 0 Å². The third kappa shape index (κ3) is 5.03. The van der Waals surface area contributed by atoms with E-state index in [1.807, 2.05) is 30.3 Å². The highest BCUT2D eigenvalue weighted by Crippen LogP contribution is 2.28. The van der Waals surface area contributed by atoms with Crippen molar-refractivity contribution in [3.8, 4) is 0 Å². The first kappa shape index (κ1) is 19.4. The zero-order valence-corrected chi connectivity index (χ0v) is 15.4. The summed E-state index contributed by atoms with van der Waals surface area (Å²) in [6.45, 7) is 7.80. The van der Waals surface area contributed by atoms with E-state index in [1.54, 1.807) is 11.9 Å². The highest BCUT2D eigenvalue weighted by atomic mass is 16.5. The van der Waals surface area contributed by atoms with E-state index in [2.05, 4.69) is 24.1 Å². The molecule has 0 unspecified atom stereocenters. The Hall–Kier alpha value is -1.92. The van der Waals surface area contributed by atoms with Gasteiger partial charge in [0.1, 0.15) is 6.61 Å². The van der Waals surface area contributed by atoms with Crippen LogP contribution in [0.4, 0.5) is 0 Å². The van der Waals surface area contributed by atoms with Crippen molar-refractivity contribution in [1.29, 1.82) is 0 Å². The lowest BCUT2D eigenvalue weighted by Gasteiger charge is -2.38. The standard InChI is InChI=1S/C19H29N3O3/c1-4-22(5-2)13-9-12-20-19(24)18-17(15-10-7-6-8-11-15)21(3)16(23)14-25-18/h6-8,10-11,17-18H,4-5,9,12-14H2,1-3H3,(H,20,24)/t17-,18+/m0/s1. The number of nitrogens with zero attached hydrogens (tertiary/aromatic N) is 2. The molecule has 2 rings (SSSR count).